The van der Waals surface area contributed by atoms with E-state index in [1.807, 2.05) is 31.3 Å². The molecule has 17 heavy (non-hydrogen) atoms. The van der Waals surface area contributed by atoms with Crippen LogP contribution in [0.3, 0.4) is 0 Å². The summed E-state index contributed by atoms with van der Waals surface area (Å²) in [5, 5.41) is 0. The minimum Gasteiger partial charge on any atom is -0.494 e. The van der Waals surface area contributed by atoms with Crippen molar-refractivity contribution >= 4 is 0 Å². The molecule has 0 bridgehead atoms. The van der Waals surface area contributed by atoms with Gasteiger partial charge in [0.1, 0.15) is 5.75 Å². The van der Waals surface area contributed by atoms with Gasteiger partial charge in [0.05, 0.1) is 6.61 Å². The van der Waals surface area contributed by atoms with E-state index in [1.165, 1.54) is 11.1 Å². The van der Waals surface area contributed by atoms with Crippen LogP contribution in [0.15, 0.2) is 42.6 Å². The van der Waals surface area contributed by atoms with E-state index in [0.29, 0.717) is 6.61 Å². The summed E-state index contributed by atoms with van der Waals surface area (Å²) in [6.07, 6.45) is 2.79. The summed E-state index contributed by atoms with van der Waals surface area (Å²) >= 11 is 0. The third kappa shape index (κ3) is 2.64. The molecule has 0 amide bonds. The Kier molecular flexibility index (Phi) is 3.76. The van der Waals surface area contributed by atoms with E-state index in [0.717, 1.165) is 17.9 Å². The third-order valence-corrected chi connectivity index (χ3v) is 2.70. The van der Waals surface area contributed by atoms with Crippen LogP contribution in [-0.2, 0) is 6.42 Å². The molecule has 0 fully saturated rings. The Balaban J connectivity index is 2.33. The molecule has 1 aromatic heterocycles. The zero-order valence-corrected chi connectivity index (χ0v) is 10.3. The summed E-state index contributed by atoms with van der Waals surface area (Å²) < 4.78 is 5.44. The number of hydrogen-bond acceptors (Lipinski definition) is 2. The molecule has 1 heterocycles. The molecule has 0 saturated heterocycles. The van der Waals surface area contributed by atoms with Crippen LogP contribution in [0.4, 0.5) is 0 Å². The van der Waals surface area contributed by atoms with Crippen molar-refractivity contribution in [3.8, 4) is 16.9 Å². The first-order chi connectivity index (χ1) is 8.35. The molecule has 2 rings (SSSR count). The van der Waals surface area contributed by atoms with Crippen LogP contribution >= 0.6 is 0 Å². The fourth-order valence-electron chi connectivity index (χ4n) is 1.88. The van der Waals surface area contributed by atoms with Gasteiger partial charge in [-0.15, -0.1) is 0 Å². The number of ether oxygens (including phenoxy) is 1. The molecule has 0 aliphatic rings. The lowest BCUT2D eigenvalue weighted by atomic mass is 10.0. The molecule has 0 unspecified atom stereocenters. The molecular formula is C15H17NO. The molecule has 0 radical (unpaired) electrons. The molecule has 1 aromatic carbocycles. The van der Waals surface area contributed by atoms with Crippen molar-refractivity contribution in [3.05, 3.63) is 48.3 Å². The largest absolute Gasteiger partial charge is 0.494 e. The Morgan fingerprint density at radius 3 is 2.47 bits per heavy atom. The quantitative estimate of drug-likeness (QED) is 0.794. The van der Waals surface area contributed by atoms with Crippen LogP contribution in [0, 0.1) is 0 Å². The molecule has 88 valence electrons. The standard InChI is InChI=1S/C15H17NO/c1-3-15-14(6-5-11-16-15)12-7-9-13(10-8-12)17-4-2/h5-11H,3-4H2,1-2H3. The van der Waals surface area contributed by atoms with E-state index in [2.05, 4.69) is 30.1 Å². The van der Waals surface area contributed by atoms with Crippen LogP contribution in [0.1, 0.15) is 19.5 Å². The molecule has 0 saturated carbocycles. The second-order valence-corrected chi connectivity index (χ2v) is 3.81. The lowest BCUT2D eigenvalue weighted by Crippen LogP contribution is -1.93. The van der Waals surface area contributed by atoms with Crippen molar-refractivity contribution in [1.82, 2.24) is 4.98 Å². The Morgan fingerprint density at radius 2 is 1.82 bits per heavy atom. The first kappa shape index (κ1) is 11.6. The highest BCUT2D eigenvalue weighted by Gasteiger charge is 2.04. The Morgan fingerprint density at radius 1 is 1.06 bits per heavy atom. The average molecular weight is 227 g/mol. The summed E-state index contributed by atoms with van der Waals surface area (Å²) in [5.41, 5.74) is 3.54. The monoisotopic (exact) mass is 227 g/mol. The zero-order valence-electron chi connectivity index (χ0n) is 10.3. The highest BCUT2D eigenvalue weighted by molar-refractivity contribution is 5.66. The van der Waals surface area contributed by atoms with Crippen molar-refractivity contribution in [2.45, 2.75) is 20.3 Å². The van der Waals surface area contributed by atoms with Crippen molar-refractivity contribution in [2.75, 3.05) is 6.61 Å². The number of aromatic nitrogens is 1. The maximum absolute atomic E-state index is 5.44. The molecule has 2 heteroatoms. The van der Waals surface area contributed by atoms with Gasteiger partial charge in [-0.1, -0.05) is 25.1 Å². The number of benzene rings is 1. The van der Waals surface area contributed by atoms with Gasteiger partial charge in [0.15, 0.2) is 0 Å². The van der Waals surface area contributed by atoms with Crippen molar-refractivity contribution < 1.29 is 4.74 Å². The lowest BCUT2D eigenvalue weighted by molar-refractivity contribution is 0.340. The third-order valence-electron chi connectivity index (χ3n) is 2.70. The van der Waals surface area contributed by atoms with Crippen LogP contribution in [0.2, 0.25) is 0 Å². The molecule has 0 aliphatic heterocycles. The van der Waals surface area contributed by atoms with E-state index in [9.17, 15) is 0 Å². The van der Waals surface area contributed by atoms with Crippen LogP contribution in [0.25, 0.3) is 11.1 Å². The minimum atomic E-state index is 0.701. The summed E-state index contributed by atoms with van der Waals surface area (Å²) in [4.78, 5) is 4.40. The molecule has 2 aromatic rings. The first-order valence-corrected chi connectivity index (χ1v) is 6.02. The van der Waals surface area contributed by atoms with E-state index >= 15 is 0 Å². The number of pyridine rings is 1. The van der Waals surface area contributed by atoms with E-state index in [4.69, 9.17) is 4.74 Å². The van der Waals surface area contributed by atoms with Crippen molar-refractivity contribution in [1.29, 1.82) is 0 Å². The minimum absolute atomic E-state index is 0.701. The maximum Gasteiger partial charge on any atom is 0.119 e. The van der Waals surface area contributed by atoms with Gasteiger partial charge in [0, 0.05) is 17.5 Å². The fraction of sp³-hybridized carbons (Fsp3) is 0.267. The Labute approximate surface area is 102 Å². The predicted octanol–water partition coefficient (Wildman–Crippen LogP) is 3.71. The van der Waals surface area contributed by atoms with Gasteiger partial charge in [-0.3, -0.25) is 4.98 Å². The average Bonchev–Trinajstić information content (AvgIpc) is 2.40. The normalized spacial score (nSPS) is 10.2. The second-order valence-electron chi connectivity index (χ2n) is 3.81. The van der Waals surface area contributed by atoms with E-state index < -0.39 is 0 Å². The number of nitrogens with zero attached hydrogens (tertiary/aromatic N) is 1. The van der Waals surface area contributed by atoms with E-state index in [1.54, 1.807) is 0 Å². The molecule has 2 nitrogen and oxygen atoms in total. The van der Waals surface area contributed by atoms with Gasteiger partial charge in [-0.05, 0) is 37.1 Å². The second kappa shape index (κ2) is 5.48. The van der Waals surface area contributed by atoms with Crippen molar-refractivity contribution in [2.24, 2.45) is 0 Å². The number of rotatable bonds is 4. The lowest BCUT2D eigenvalue weighted by Gasteiger charge is -2.08. The van der Waals surface area contributed by atoms with Gasteiger partial charge in [-0.2, -0.15) is 0 Å². The fourth-order valence-corrected chi connectivity index (χ4v) is 1.88. The number of hydrogen-bond donors (Lipinski definition) is 0. The molecule has 0 spiro atoms. The topological polar surface area (TPSA) is 22.1 Å². The van der Waals surface area contributed by atoms with Gasteiger partial charge in [-0.25, -0.2) is 0 Å². The van der Waals surface area contributed by atoms with Gasteiger partial charge in [0.25, 0.3) is 0 Å². The number of aryl methyl sites for hydroxylation is 1. The summed E-state index contributed by atoms with van der Waals surface area (Å²) in [6, 6.07) is 12.3. The molecule has 0 atom stereocenters. The smallest absolute Gasteiger partial charge is 0.119 e. The van der Waals surface area contributed by atoms with Crippen LogP contribution < -0.4 is 4.74 Å². The molecule has 0 aliphatic carbocycles. The molecule has 0 N–H and O–H groups in total. The van der Waals surface area contributed by atoms with Crippen LogP contribution in [0.5, 0.6) is 5.75 Å². The Bertz CT molecular complexity index is 477. The highest BCUT2D eigenvalue weighted by atomic mass is 16.5. The zero-order chi connectivity index (χ0) is 12.1. The van der Waals surface area contributed by atoms with Gasteiger partial charge < -0.3 is 4.74 Å². The van der Waals surface area contributed by atoms with Gasteiger partial charge >= 0.3 is 0 Å². The molecular weight excluding hydrogens is 210 g/mol. The van der Waals surface area contributed by atoms with Crippen molar-refractivity contribution in [3.63, 3.8) is 0 Å². The Hall–Kier alpha value is -1.83. The summed E-state index contributed by atoms with van der Waals surface area (Å²) in [5.74, 6) is 0.915. The van der Waals surface area contributed by atoms with Gasteiger partial charge in [0.2, 0.25) is 0 Å². The SMILES string of the molecule is CCOc1ccc(-c2cccnc2CC)cc1. The summed E-state index contributed by atoms with van der Waals surface area (Å²) in [7, 11) is 0. The summed E-state index contributed by atoms with van der Waals surface area (Å²) in [6.45, 7) is 4.82. The first-order valence-electron chi connectivity index (χ1n) is 6.02. The van der Waals surface area contributed by atoms with Crippen LogP contribution in [-0.4, -0.2) is 11.6 Å². The van der Waals surface area contributed by atoms with E-state index in [-0.39, 0.29) is 0 Å². The highest BCUT2D eigenvalue weighted by Crippen LogP contribution is 2.24. The predicted molar refractivity (Wildman–Crippen MR) is 70.2 cm³/mol. The maximum atomic E-state index is 5.44.